The molecule has 4 rings (SSSR count). The fraction of sp³-hybridized carbons (Fsp3) is 0. The van der Waals surface area contributed by atoms with E-state index in [0.29, 0.717) is 0 Å². The lowest BCUT2D eigenvalue weighted by molar-refractivity contribution is 1.74. The highest BCUT2D eigenvalue weighted by atomic mass is 32.1. The van der Waals surface area contributed by atoms with Gasteiger partial charge in [-0.05, 0) is 45.8 Å². The molecule has 0 atom stereocenters. The lowest BCUT2D eigenvalue weighted by atomic mass is 10.1. The van der Waals surface area contributed by atoms with Crippen molar-refractivity contribution in [1.82, 2.24) is 0 Å². The lowest BCUT2D eigenvalue weighted by Crippen LogP contribution is -1.82. The van der Waals surface area contributed by atoms with Gasteiger partial charge in [-0.3, -0.25) is 0 Å². The highest BCUT2D eigenvalue weighted by Gasteiger charge is 2.09. The van der Waals surface area contributed by atoms with Gasteiger partial charge in [0.15, 0.2) is 0 Å². The van der Waals surface area contributed by atoms with Crippen molar-refractivity contribution in [3.63, 3.8) is 0 Å². The van der Waals surface area contributed by atoms with Crippen LogP contribution in [0.5, 0.6) is 0 Å². The van der Waals surface area contributed by atoms with Crippen LogP contribution in [0.25, 0.3) is 11.1 Å². The number of allylic oxidation sites excluding steroid dienone is 2. The van der Waals surface area contributed by atoms with Gasteiger partial charge in [0.1, 0.15) is 0 Å². The maximum absolute atomic E-state index is 2.27. The fourth-order valence-corrected chi connectivity index (χ4v) is 5.66. The Hall–Kier alpha value is -1.72. The Morgan fingerprint density at radius 2 is 0.792 bits per heavy atom. The Morgan fingerprint density at radius 1 is 0.500 bits per heavy atom. The quantitative estimate of drug-likeness (QED) is 0.314. The maximum Gasteiger partial charge on any atom is 0.0356 e. The molecule has 0 spiro atoms. The SMILES string of the molecule is C(C=C(c1cccs1)c1cccs1)=C(c1cccs1)c1cccs1. The van der Waals surface area contributed by atoms with Gasteiger partial charge >= 0.3 is 0 Å². The van der Waals surface area contributed by atoms with E-state index in [1.165, 1.54) is 30.7 Å². The predicted molar refractivity (Wildman–Crippen MR) is 111 cm³/mol. The van der Waals surface area contributed by atoms with E-state index in [9.17, 15) is 0 Å². The van der Waals surface area contributed by atoms with Crippen molar-refractivity contribution in [2.45, 2.75) is 0 Å². The summed E-state index contributed by atoms with van der Waals surface area (Å²) >= 11 is 7.16. The van der Waals surface area contributed by atoms with E-state index in [4.69, 9.17) is 0 Å². The van der Waals surface area contributed by atoms with Gasteiger partial charge in [0, 0.05) is 30.7 Å². The van der Waals surface area contributed by atoms with Crippen molar-refractivity contribution in [3.8, 4) is 0 Å². The molecule has 4 aromatic rings. The fourth-order valence-electron chi connectivity index (χ4n) is 2.47. The number of thiophene rings is 4. The van der Waals surface area contributed by atoms with Crippen LogP contribution in [0, 0.1) is 0 Å². The van der Waals surface area contributed by atoms with Crippen LogP contribution in [0.4, 0.5) is 0 Å². The molecule has 0 bridgehead atoms. The van der Waals surface area contributed by atoms with Crippen molar-refractivity contribution in [3.05, 3.63) is 102 Å². The van der Waals surface area contributed by atoms with Crippen molar-refractivity contribution < 1.29 is 0 Å². The van der Waals surface area contributed by atoms with Gasteiger partial charge in [0.25, 0.3) is 0 Å². The van der Waals surface area contributed by atoms with Gasteiger partial charge in [-0.2, -0.15) is 0 Å². The van der Waals surface area contributed by atoms with Gasteiger partial charge in [-0.1, -0.05) is 36.4 Å². The highest BCUT2D eigenvalue weighted by Crippen LogP contribution is 2.34. The van der Waals surface area contributed by atoms with Crippen LogP contribution in [-0.4, -0.2) is 0 Å². The van der Waals surface area contributed by atoms with Crippen LogP contribution in [0.15, 0.2) is 82.2 Å². The zero-order valence-electron chi connectivity index (χ0n) is 12.7. The first-order valence-electron chi connectivity index (χ1n) is 7.49. The zero-order valence-corrected chi connectivity index (χ0v) is 16.0. The first kappa shape index (κ1) is 15.8. The van der Waals surface area contributed by atoms with Gasteiger partial charge in [0.05, 0.1) is 0 Å². The van der Waals surface area contributed by atoms with Crippen LogP contribution in [0.1, 0.15) is 19.5 Å². The van der Waals surface area contributed by atoms with Crippen molar-refractivity contribution in [2.24, 2.45) is 0 Å². The molecule has 0 saturated heterocycles. The highest BCUT2D eigenvalue weighted by molar-refractivity contribution is 7.14. The number of hydrogen-bond donors (Lipinski definition) is 0. The summed E-state index contributed by atoms with van der Waals surface area (Å²) in [6.45, 7) is 0. The average molecular weight is 383 g/mol. The Balaban J connectivity index is 1.82. The third-order valence-electron chi connectivity index (χ3n) is 3.56. The molecule has 4 aromatic heterocycles. The monoisotopic (exact) mass is 382 g/mol. The molecule has 4 heterocycles. The summed E-state index contributed by atoms with van der Waals surface area (Å²) in [5, 5.41) is 8.56. The molecule has 24 heavy (non-hydrogen) atoms. The third kappa shape index (κ3) is 3.37. The number of rotatable bonds is 5. The molecule has 0 aromatic carbocycles. The molecule has 0 aliphatic rings. The first-order valence-corrected chi connectivity index (χ1v) is 11.0. The van der Waals surface area contributed by atoms with Crippen molar-refractivity contribution in [1.29, 1.82) is 0 Å². The van der Waals surface area contributed by atoms with E-state index >= 15 is 0 Å². The van der Waals surface area contributed by atoms with Gasteiger partial charge < -0.3 is 0 Å². The summed E-state index contributed by atoms with van der Waals surface area (Å²) in [6, 6.07) is 17.2. The molecular formula is C20H14S4. The van der Waals surface area contributed by atoms with Crippen molar-refractivity contribution in [2.75, 3.05) is 0 Å². The minimum absolute atomic E-state index is 1.30. The van der Waals surface area contributed by atoms with Crippen LogP contribution >= 0.6 is 45.3 Å². The summed E-state index contributed by atoms with van der Waals surface area (Å²) in [4.78, 5) is 5.24. The standard InChI is InChI=1S/C20H14S4/c1-5-17(21-11-1)15(18-6-2-12-22-18)9-10-16(19-7-3-13-23-19)20-8-4-14-24-20/h1-14H. The van der Waals surface area contributed by atoms with E-state index in [1.807, 2.05) is 0 Å². The Labute approximate surface area is 157 Å². The second-order valence-electron chi connectivity index (χ2n) is 5.07. The van der Waals surface area contributed by atoms with E-state index < -0.39 is 0 Å². The first-order chi connectivity index (χ1) is 11.9. The number of hydrogen-bond acceptors (Lipinski definition) is 4. The Kier molecular flexibility index (Phi) is 4.90. The van der Waals surface area contributed by atoms with E-state index in [0.717, 1.165) is 0 Å². The summed E-state index contributed by atoms with van der Waals surface area (Å²) in [7, 11) is 0. The molecule has 0 unspecified atom stereocenters. The van der Waals surface area contributed by atoms with E-state index in [1.54, 1.807) is 45.3 Å². The molecule has 0 aliphatic carbocycles. The molecule has 0 fully saturated rings. The minimum Gasteiger partial charge on any atom is -0.144 e. The molecular weight excluding hydrogens is 368 g/mol. The summed E-state index contributed by atoms with van der Waals surface area (Å²) in [5.41, 5.74) is 2.59. The summed E-state index contributed by atoms with van der Waals surface area (Å²) in [6.07, 6.45) is 4.54. The van der Waals surface area contributed by atoms with E-state index in [2.05, 4.69) is 82.2 Å². The van der Waals surface area contributed by atoms with E-state index in [-0.39, 0.29) is 0 Å². The van der Waals surface area contributed by atoms with Gasteiger partial charge in [-0.25, -0.2) is 0 Å². The van der Waals surface area contributed by atoms with Gasteiger partial charge in [0.2, 0.25) is 0 Å². The van der Waals surface area contributed by atoms with Crippen LogP contribution < -0.4 is 0 Å². The molecule has 0 amide bonds. The lowest BCUT2D eigenvalue weighted by Gasteiger charge is -2.04. The topological polar surface area (TPSA) is 0 Å². The van der Waals surface area contributed by atoms with Crippen LogP contribution in [0.3, 0.4) is 0 Å². The van der Waals surface area contributed by atoms with Crippen LogP contribution in [-0.2, 0) is 0 Å². The second kappa shape index (κ2) is 7.45. The normalized spacial score (nSPS) is 10.5. The molecule has 0 nitrogen and oxygen atoms in total. The molecule has 4 heteroatoms. The second-order valence-corrected chi connectivity index (χ2v) is 8.86. The predicted octanol–water partition coefficient (Wildman–Crippen LogP) is 7.50. The average Bonchev–Trinajstić information content (AvgIpc) is 3.42. The van der Waals surface area contributed by atoms with Crippen molar-refractivity contribution >= 4 is 56.5 Å². The molecule has 0 radical (unpaired) electrons. The zero-order chi connectivity index (χ0) is 16.2. The largest absolute Gasteiger partial charge is 0.144 e. The molecule has 0 N–H and O–H groups in total. The molecule has 0 aliphatic heterocycles. The smallest absolute Gasteiger partial charge is 0.0356 e. The maximum atomic E-state index is 2.27. The Morgan fingerprint density at radius 3 is 1.00 bits per heavy atom. The Bertz CT molecular complexity index is 767. The third-order valence-corrected chi connectivity index (χ3v) is 7.18. The van der Waals surface area contributed by atoms with Gasteiger partial charge in [-0.15, -0.1) is 45.3 Å². The van der Waals surface area contributed by atoms with Crippen LogP contribution in [0.2, 0.25) is 0 Å². The minimum atomic E-state index is 1.30. The summed E-state index contributed by atoms with van der Waals surface area (Å²) in [5.74, 6) is 0. The molecule has 0 saturated carbocycles. The molecule has 118 valence electrons. The summed E-state index contributed by atoms with van der Waals surface area (Å²) < 4.78 is 0.